The van der Waals surface area contributed by atoms with Crippen molar-refractivity contribution in [2.24, 2.45) is 0 Å². The van der Waals surface area contributed by atoms with E-state index in [0.29, 0.717) is 18.5 Å². The average Bonchev–Trinajstić information content (AvgIpc) is 2.49. The van der Waals surface area contributed by atoms with E-state index in [1.54, 1.807) is 0 Å². The van der Waals surface area contributed by atoms with Crippen LogP contribution in [-0.4, -0.2) is 36.9 Å². The summed E-state index contributed by atoms with van der Waals surface area (Å²) >= 11 is 0. The highest BCUT2D eigenvalue weighted by atomic mass is 19.1. The molecule has 2 aliphatic heterocycles. The molecule has 2 aliphatic rings. The van der Waals surface area contributed by atoms with Crippen LogP contribution in [0.15, 0.2) is 42.0 Å². The van der Waals surface area contributed by atoms with Crippen LogP contribution in [-0.2, 0) is 11.3 Å². The lowest BCUT2D eigenvalue weighted by molar-refractivity contribution is -0.0442. The lowest BCUT2D eigenvalue weighted by Gasteiger charge is -2.45. The predicted molar refractivity (Wildman–Crippen MR) is 82.9 cm³/mol. The van der Waals surface area contributed by atoms with E-state index in [-0.39, 0.29) is 6.67 Å². The largest absolute Gasteiger partial charge is 0.378 e. The van der Waals surface area contributed by atoms with E-state index in [0.717, 1.165) is 39.0 Å². The summed E-state index contributed by atoms with van der Waals surface area (Å²) in [7, 11) is 0. The zero-order chi connectivity index (χ0) is 14.5. The lowest BCUT2D eigenvalue weighted by atomic mass is 9.90. The number of nitrogens with zero attached hydrogens (tertiary/aromatic N) is 1. The van der Waals surface area contributed by atoms with Crippen molar-refractivity contribution in [2.45, 2.75) is 44.3 Å². The van der Waals surface area contributed by atoms with Crippen LogP contribution in [0.5, 0.6) is 0 Å². The summed E-state index contributed by atoms with van der Waals surface area (Å²) in [6, 6.07) is 11.5. The van der Waals surface area contributed by atoms with Crippen molar-refractivity contribution in [3.8, 4) is 0 Å². The molecule has 0 amide bonds. The Morgan fingerprint density at radius 2 is 2.00 bits per heavy atom. The molecule has 1 aromatic carbocycles. The Balaban J connectivity index is 1.66. The number of unbranched alkanes of at least 4 members (excludes halogenated alkanes) is 1. The Hall–Kier alpha value is -1.19. The smallest absolute Gasteiger partial charge is 0.0894 e. The van der Waals surface area contributed by atoms with Gasteiger partial charge in [0.05, 0.1) is 25.9 Å². The van der Waals surface area contributed by atoms with Gasteiger partial charge < -0.3 is 4.74 Å². The van der Waals surface area contributed by atoms with Gasteiger partial charge in [-0.15, -0.1) is 0 Å². The molecule has 0 radical (unpaired) electrons. The third-order valence-corrected chi connectivity index (χ3v) is 4.51. The van der Waals surface area contributed by atoms with Crippen LogP contribution in [0.2, 0.25) is 0 Å². The van der Waals surface area contributed by atoms with Gasteiger partial charge in [0.2, 0.25) is 0 Å². The molecule has 2 nitrogen and oxygen atoms in total. The molecule has 2 unspecified atom stereocenters. The summed E-state index contributed by atoms with van der Waals surface area (Å²) in [5, 5.41) is 0. The Morgan fingerprint density at radius 1 is 1.14 bits per heavy atom. The average molecular weight is 289 g/mol. The molecule has 0 N–H and O–H groups in total. The molecule has 3 heteroatoms. The first-order valence-electron chi connectivity index (χ1n) is 8.00. The minimum atomic E-state index is -0.191. The number of alkyl halides is 1. The van der Waals surface area contributed by atoms with Crippen LogP contribution in [0.4, 0.5) is 4.39 Å². The van der Waals surface area contributed by atoms with Crippen LogP contribution >= 0.6 is 0 Å². The normalized spacial score (nSPS) is 25.7. The maximum Gasteiger partial charge on any atom is 0.0894 e. The van der Waals surface area contributed by atoms with E-state index in [9.17, 15) is 4.39 Å². The zero-order valence-corrected chi connectivity index (χ0v) is 12.5. The topological polar surface area (TPSA) is 12.5 Å². The first-order chi connectivity index (χ1) is 10.4. The molecule has 114 valence electrons. The first kappa shape index (κ1) is 14.7. The summed E-state index contributed by atoms with van der Waals surface area (Å²) in [5.41, 5.74) is 2.87. The zero-order valence-electron chi connectivity index (χ0n) is 12.5. The van der Waals surface area contributed by atoms with Gasteiger partial charge in [-0.25, -0.2) is 0 Å². The van der Waals surface area contributed by atoms with Crippen molar-refractivity contribution >= 4 is 0 Å². The van der Waals surface area contributed by atoms with Crippen molar-refractivity contribution in [1.82, 2.24) is 4.90 Å². The third-order valence-electron chi connectivity index (χ3n) is 4.51. The molecule has 1 saturated heterocycles. The molecule has 0 aromatic heterocycles. The number of benzene rings is 1. The van der Waals surface area contributed by atoms with Crippen molar-refractivity contribution in [3.63, 3.8) is 0 Å². The molecule has 21 heavy (non-hydrogen) atoms. The van der Waals surface area contributed by atoms with E-state index in [1.807, 2.05) is 0 Å². The van der Waals surface area contributed by atoms with Gasteiger partial charge in [0.1, 0.15) is 0 Å². The van der Waals surface area contributed by atoms with Crippen LogP contribution in [0.25, 0.3) is 0 Å². The van der Waals surface area contributed by atoms with Crippen molar-refractivity contribution in [2.75, 3.05) is 19.9 Å². The molecule has 1 aromatic rings. The fourth-order valence-electron chi connectivity index (χ4n) is 3.42. The maximum atomic E-state index is 12.2. The minimum Gasteiger partial charge on any atom is -0.378 e. The SMILES string of the molecule is FCCCCC1=CC2COCC(C1)N2Cc1ccccc1. The van der Waals surface area contributed by atoms with Crippen LogP contribution < -0.4 is 0 Å². The van der Waals surface area contributed by atoms with Gasteiger partial charge in [-0.2, -0.15) is 0 Å². The van der Waals surface area contributed by atoms with E-state index < -0.39 is 0 Å². The predicted octanol–water partition coefficient (Wildman–Crippen LogP) is 3.73. The molecule has 3 rings (SSSR count). The Morgan fingerprint density at radius 3 is 2.76 bits per heavy atom. The van der Waals surface area contributed by atoms with Gasteiger partial charge >= 0.3 is 0 Å². The first-order valence-corrected chi connectivity index (χ1v) is 8.00. The molecule has 2 atom stereocenters. The molecular formula is C18H24FNO. The lowest BCUT2D eigenvalue weighted by Crippen LogP contribution is -2.53. The summed E-state index contributed by atoms with van der Waals surface area (Å²) in [5.74, 6) is 0. The molecule has 2 heterocycles. The summed E-state index contributed by atoms with van der Waals surface area (Å²) in [6.45, 7) is 2.41. The van der Waals surface area contributed by atoms with Crippen LogP contribution in [0.1, 0.15) is 31.2 Å². The standard InChI is InChI=1S/C18H24FNO/c19-9-5-4-8-16-10-17-13-21-14-18(11-16)20(17)12-15-6-2-1-3-7-15/h1-3,6-7,10,17-18H,4-5,8-9,11-14H2. The number of hydrogen-bond donors (Lipinski definition) is 0. The van der Waals surface area contributed by atoms with Gasteiger partial charge in [0, 0.05) is 12.6 Å². The van der Waals surface area contributed by atoms with Crippen molar-refractivity contribution in [3.05, 3.63) is 47.5 Å². The molecule has 2 bridgehead atoms. The minimum absolute atomic E-state index is 0.191. The Bertz CT molecular complexity index is 473. The molecule has 0 aliphatic carbocycles. The third kappa shape index (κ3) is 3.72. The highest BCUT2D eigenvalue weighted by Gasteiger charge is 2.34. The van der Waals surface area contributed by atoms with E-state index >= 15 is 0 Å². The number of morpholine rings is 1. The van der Waals surface area contributed by atoms with Gasteiger partial charge in [0.25, 0.3) is 0 Å². The summed E-state index contributed by atoms with van der Waals surface area (Å²) in [4.78, 5) is 2.57. The second-order valence-electron chi connectivity index (χ2n) is 6.09. The van der Waals surface area contributed by atoms with E-state index in [1.165, 1.54) is 11.1 Å². The second-order valence-corrected chi connectivity index (χ2v) is 6.09. The fourth-order valence-corrected chi connectivity index (χ4v) is 3.42. The van der Waals surface area contributed by atoms with Gasteiger partial charge in [-0.05, 0) is 31.2 Å². The number of hydrogen-bond acceptors (Lipinski definition) is 2. The van der Waals surface area contributed by atoms with Gasteiger partial charge in [-0.1, -0.05) is 42.0 Å². The summed E-state index contributed by atoms with van der Waals surface area (Å²) < 4.78 is 18.0. The van der Waals surface area contributed by atoms with E-state index in [2.05, 4.69) is 41.3 Å². The number of ether oxygens (including phenoxy) is 1. The van der Waals surface area contributed by atoms with E-state index in [4.69, 9.17) is 4.74 Å². The molecule has 1 fully saturated rings. The number of fused-ring (bicyclic) bond motifs is 2. The summed E-state index contributed by atoms with van der Waals surface area (Å²) in [6.07, 6.45) is 6.17. The number of halogens is 1. The quantitative estimate of drug-likeness (QED) is 0.584. The van der Waals surface area contributed by atoms with Gasteiger partial charge in [-0.3, -0.25) is 9.29 Å². The van der Waals surface area contributed by atoms with Gasteiger partial charge in [0.15, 0.2) is 0 Å². The second kappa shape index (κ2) is 7.19. The Kier molecular flexibility index (Phi) is 5.04. The highest BCUT2D eigenvalue weighted by Crippen LogP contribution is 2.30. The molecular weight excluding hydrogens is 265 g/mol. The molecule has 0 spiro atoms. The maximum absolute atomic E-state index is 12.2. The van der Waals surface area contributed by atoms with Crippen LogP contribution in [0.3, 0.4) is 0 Å². The van der Waals surface area contributed by atoms with Crippen molar-refractivity contribution < 1.29 is 9.13 Å². The number of rotatable bonds is 6. The fraction of sp³-hybridized carbons (Fsp3) is 0.556. The highest BCUT2D eigenvalue weighted by molar-refractivity contribution is 5.19. The Labute approximate surface area is 126 Å². The van der Waals surface area contributed by atoms with Crippen LogP contribution in [0, 0.1) is 0 Å². The molecule has 0 saturated carbocycles. The monoisotopic (exact) mass is 289 g/mol. The van der Waals surface area contributed by atoms with Crippen molar-refractivity contribution in [1.29, 1.82) is 0 Å².